The van der Waals surface area contributed by atoms with Gasteiger partial charge in [0.25, 0.3) is 0 Å². The molecule has 1 rings (SSSR count). The van der Waals surface area contributed by atoms with Crippen LogP contribution >= 0.6 is 0 Å². The Morgan fingerprint density at radius 2 is 2.05 bits per heavy atom. The summed E-state index contributed by atoms with van der Waals surface area (Å²) >= 11 is 0. The monoisotopic (exact) mass is 257 g/mol. The molecule has 0 bridgehead atoms. The van der Waals surface area contributed by atoms with Crippen LogP contribution in [0.3, 0.4) is 0 Å². The molecular formula is C16H23N3. The Morgan fingerprint density at radius 1 is 1.32 bits per heavy atom. The fourth-order valence-corrected chi connectivity index (χ4v) is 1.43. The highest BCUT2D eigenvalue weighted by atomic mass is 15.2. The topological polar surface area (TPSA) is 37.8 Å². The zero-order valence-electron chi connectivity index (χ0n) is 12.1. The highest BCUT2D eigenvalue weighted by molar-refractivity contribution is 5.69. The molecule has 0 saturated carbocycles. The Morgan fingerprint density at radius 3 is 2.58 bits per heavy atom. The van der Waals surface area contributed by atoms with E-state index in [0.29, 0.717) is 5.41 Å². The summed E-state index contributed by atoms with van der Waals surface area (Å²) in [5.74, 6) is 0.800. The Kier molecular flexibility index (Phi) is 5.49. The number of rotatable bonds is 6. The van der Waals surface area contributed by atoms with Crippen molar-refractivity contribution in [1.82, 2.24) is 10.2 Å². The Bertz CT molecular complexity index is 450. The number of hydrogen-bond donors (Lipinski definition) is 1. The fraction of sp³-hybridized carbons (Fsp3) is 0.375. The minimum Gasteiger partial charge on any atom is -0.369 e. The third-order valence-corrected chi connectivity index (χ3v) is 2.61. The molecule has 0 aliphatic rings. The molecule has 1 N–H and O–H groups in total. The highest BCUT2D eigenvalue weighted by Crippen LogP contribution is 2.18. The first-order valence-electron chi connectivity index (χ1n) is 6.48. The van der Waals surface area contributed by atoms with E-state index in [1.165, 1.54) is 0 Å². The molecule has 0 aliphatic heterocycles. The molecule has 0 unspecified atom stereocenters. The van der Waals surface area contributed by atoms with E-state index in [2.05, 4.69) is 49.4 Å². The summed E-state index contributed by atoms with van der Waals surface area (Å²) in [6.07, 6.45) is 6.50. The second kappa shape index (κ2) is 6.88. The molecule has 1 heterocycles. The van der Waals surface area contributed by atoms with Crippen molar-refractivity contribution < 1.29 is 0 Å². The quantitative estimate of drug-likeness (QED) is 0.780. The predicted molar refractivity (Wildman–Crippen MR) is 83.0 cm³/mol. The lowest BCUT2D eigenvalue weighted by atomic mass is 9.92. The van der Waals surface area contributed by atoms with Crippen LogP contribution in [-0.4, -0.2) is 16.7 Å². The predicted octanol–water partition coefficient (Wildman–Crippen LogP) is 4.08. The molecule has 19 heavy (non-hydrogen) atoms. The minimum absolute atomic E-state index is 0.324. The lowest BCUT2D eigenvalue weighted by molar-refractivity contribution is 0.389. The Balaban J connectivity index is 2.54. The molecular weight excluding hydrogens is 234 g/mol. The molecule has 0 atom stereocenters. The maximum atomic E-state index is 4.15. The third kappa shape index (κ3) is 6.00. The number of aromatic nitrogens is 2. The van der Waals surface area contributed by atoms with E-state index in [9.17, 15) is 0 Å². The van der Waals surface area contributed by atoms with Crippen LogP contribution in [0.5, 0.6) is 0 Å². The van der Waals surface area contributed by atoms with Gasteiger partial charge in [-0.15, -0.1) is 10.2 Å². The fourth-order valence-electron chi connectivity index (χ4n) is 1.43. The van der Waals surface area contributed by atoms with Crippen LogP contribution in [0.1, 0.15) is 32.9 Å². The van der Waals surface area contributed by atoms with Gasteiger partial charge in [-0.05, 0) is 29.5 Å². The molecule has 0 aromatic carbocycles. The normalized spacial score (nSPS) is 11.5. The van der Waals surface area contributed by atoms with E-state index in [4.69, 9.17) is 0 Å². The van der Waals surface area contributed by atoms with Gasteiger partial charge in [-0.1, -0.05) is 52.2 Å². The largest absolute Gasteiger partial charge is 0.369 e. The average molecular weight is 257 g/mol. The summed E-state index contributed by atoms with van der Waals surface area (Å²) in [5.41, 5.74) is 1.93. The Hall–Kier alpha value is -1.90. The van der Waals surface area contributed by atoms with E-state index >= 15 is 0 Å². The van der Waals surface area contributed by atoms with Gasteiger partial charge >= 0.3 is 0 Å². The molecule has 3 nitrogen and oxygen atoms in total. The van der Waals surface area contributed by atoms with Crippen LogP contribution in [0.2, 0.25) is 0 Å². The van der Waals surface area contributed by atoms with Gasteiger partial charge in [-0.25, -0.2) is 0 Å². The minimum atomic E-state index is 0.324. The standard InChI is InChI=1S/C16H23N3/c1-6-7-8-13(2)14-9-10-15(19-18-14)17-12-11-16(3,4)5/h6-10H,1-2,11-12H2,3-5H3,(H,17,19). The molecule has 0 radical (unpaired) electrons. The number of hydrogen-bond acceptors (Lipinski definition) is 3. The van der Waals surface area contributed by atoms with Crippen molar-refractivity contribution in [2.45, 2.75) is 27.2 Å². The number of nitrogens with zero attached hydrogens (tertiary/aromatic N) is 2. The summed E-state index contributed by atoms with van der Waals surface area (Å²) in [4.78, 5) is 0. The van der Waals surface area contributed by atoms with Crippen LogP contribution in [0.25, 0.3) is 5.57 Å². The molecule has 1 aromatic heterocycles. The number of nitrogens with one attached hydrogen (secondary N) is 1. The zero-order valence-corrected chi connectivity index (χ0v) is 12.1. The van der Waals surface area contributed by atoms with E-state index in [0.717, 1.165) is 30.1 Å². The molecule has 0 amide bonds. The highest BCUT2D eigenvalue weighted by Gasteiger charge is 2.09. The van der Waals surface area contributed by atoms with Crippen LogP contribution in [0.15, 0.2) is 43.5 Å². The van der Waals surface area contributed by atoms with Gasteiger partial charge in [0.05, 0.1) is 5.69 Å². The molecule has 1 aromatic rings. The SMILES string of the molecule is C=CC=CC(=C)c1ccc(NCCC(C)(C)C)nn1. The number of anilines is 1. The maximum Gasteiger partial charge on any atom is 0.148 e. The van der Waals surface area contributed by atoms with Crippen molar-refractivity contribution in [1.29, 1.82) is 0 Å². The van der Waals surface area contributed by atoms with Crippen molar-refractivity contribution in [3.63, 3.8) is 0 Å². The first kappa shape index (κ1) is 15.2. The third-order valence-electron chi connectivity index (χ3n) is 2.61. The van der Waals surface area contributed by atoms with Crippen LogP contribution in [-0.2, 0) is 0 Å². The first-order chi connectivity index (χ1) is 8.92. The van der Waals surface area contributed by atoms with Crippen molar-refractivity contribution >= 4 is 11.4 Å². The summed E-state index contributed by atoms with van der Waals surface area (Å²) in [6, 6.07) is 3.85. The van der Waals surface area contributed by atoms with Gasteiger partial charge in [0.1, 0.15) is 5.82 Å². The van der Waals surface area contributed by atoms with Crippen molar-refractivity contribution in [2.75, 3.05) is 11.9 Å². The van der Waals surface area contributed by atoms with Gasteiger partial charge in [-0.2, -0.15) is 0 Å². The van der Waals surface area contributed by atoms with Crippen LogP contribution in [0.4, 0.5) is 5.82 Å². The maximum absolute atomic E-state index is 4.15. The van der Waals surface area contributed by atoms with E-state index in [1.54, 1.807) is 6.08 Å². The van der Waals surface area contributed by atoms with Crippen LogP contribution < -0.4 is 5.32 Å². The van der Waals surface area contributed by atoms with Crippen molar-refractivity contribution in [3.8, 4) is 0 Å². The van der Waals surface area contributed by atoms with E-state index in [-0.39, 0.29) is 0 Å². The molecule has 0 fully saturated rings. The van der Waals surface area contributed by atoms with Gasteiger partial charge in [0.15, 0.2) is 0 Å². The summed E-state index contributed by atoms with van der Waals surface area (Å²) in [5, 5.41) is 11.6. The summed E-state index contributed by atoms with van der Waals surface area (Å²) in [6.45, 7) is 15.1. The average Bonchev–Trinajstić information content (AvgIpc) is 2.35. The van der Waals surface area contributed by atoms with E-state index < -0.39 is 0 Å². The lowest BCUT2D eigenvalue weighted by Gasteiger charge is -2.18. The van der Waals surface area contributed by atoms with Gasteiger partial charge < -0.3 is 5.32 Å². The summed E-state index contributed by atoms with van der Waals surface area (Å²) < 4.78 is 0. The Labute approximate surface area is 116 Å². The summed E-state index contributed by atoms with van der Waals surface area (Å²) in [7, 11) is 0. The van der Waals surface area contributed by atoms with Gasteiger partial charge in [0, 0.05) is 6.54 Å². The van der Waals surface area contributed by atoms with E-state index in [1.807, 2.05) is 24.3 Å². The molecule has 3 heteroatoms. The lowest BCUT2D eigenvalue weighted by Crippen LogP contribution is -2.13. The first-order valence-corrected chi connectivity index (χ1v) is 6.48. The second-order valence-electron chi connectivity index (χ2n) is 5.66. The van der Waals surface area contributed by atoms with Crippen molar-refractivity contribution in [2.24, 2.45) is 5.41 Å². The molecule has 0 saturated heterocycles. The van der Waals surface area contributed by atoms with Gasteiger partial charge in [-0.3, -0.25) is 0 Å². The van der Waals surface area contributed by atoms with Crippen LogP contribution in [0, 0.1) is 5.41 Å². The zero-order chi connectivity index (χ0) is 14.3. The number of allylic oxidation sites excluding steroid dienone is 4. The molecule has 102 valence electrons. The van der Waals surface area contributed by atoms with Gasteiger partial charge in [0.2, 0.25) is 0 Å². The second-order valence-corrected chi connectivity index (χ2v) is 5.66. The molecule has 0 aliphatic carbocycles. The molecule has 0 spiro atoms. The smallest absolute Gasteiger partial charge is 0.148 e. The van der Waals surface area contributed by atoms with Crippen molar-refractivity contribution in [3.05, 3.63) is 49.2 Å².